The number of amides is 2. The molecule has 1 aromatic rings. The highest BCUT2D eigenvalue weighted by molar-refractivity contribution is 7.89. The number of nitrogen functional groups attached to an aromatic ring is 1. The molecule has 5 N–H and O–H groups in total. The number of hydrogen-bond donors (Lipinski definition) is 4. The third kappa shape index (κ3) is 5.61. The van der Waals surface area contributed by atoms with Crippen LogP contribution in [0.5, 0.6) is 0 Å². The molecule has 1 saturated heterocycles. The zero-order valence-corrected chi connectivity index (χ0v) is 20.0. The minimum Gasteiger partial charge on any atom is -0.384 e. The Labute approximate surface area is 191 Å². The molecule has 178 valence electrons. The van der Waals surface area contributed by atoms with Gasteiger partial charge in [0.2, 0.25) is 10.0 Å². The van der Waals surface area contributed by atoms with Gasteiger partial charge in [0, 0.05) is 29.9 Å². The number of nitrogens with one attached hydrogen (secondary N) is 3. The smallest absolute Gasteiger partial charge is 0.319 e. The second kappa shape index (κ2) is 10.2. The second-order valence-electron chi connectivity index (χ2n) is 9.41. The number of sulfonamides is 1. The summed E-state index contributed by atoms with van der Waals surface area (Å²) in [5.74, 6) is 0.200. The van der Waals surface area contributed by atoms with Crippen molar-refractivity contribution in [2.45, 2.75) is 76.0 Å². The van der Waals surface area contributed by atoms with Crippen LogP contribution >= 0.6 is 0 Å². The topological polar surface area (TPSA) is 128 Å². The van der Waals surface area contributed by atoms with Gasteiger partial charge in [-0.2, -0.15) is 0 Å². The van der Waals surface area contributed by atoms with Gasteiger partial charge in [-0.05, 0) is 57.6 Å². The average Bonchev–Trinajstić information content (AvgIpc) is 3.00. The number of piperidine rings is 1. The van der Waals surface area contributed by atoms with Crippen LogP contribution in [0.1, 0.15) is 70.8 Å². The first-order chi connectivity index (χ1) is 15.1. The third-order valence-corrected chi connectivity index (χ3v) is 9.26. The van der Waals surface area contributed by atoms with Crippen LogP contribution in [0.15, 0.2) is 24.3 Å². The van der Waals surface area contributed by atoms with E-state index >= 15 is 0 Å². The molecule has 0 aromatic heterocycles. The molecule has 1 aliphatic carbocycles. The van der Waals surface area contributed by atoms with Crippen LogP contribution < -0.4 is 16.4 Å². The normalized spacial score (nSPS) is 20.5. The number of rotatable bonds is 6. The van der Waals surface area contributed by atoms with Gasteiger partial charge in [-0.15, -0.1) is 0 Å². The predicted molar refractivity (Wildman–Crippen MR) is 128 cm³/mol. The summed E-state index contributed by atoms with van der Waals surface area (Å²) in [6.07, 6.45) is 7.77. The first kappa shape index (κ1) is 24.5. The zero-order valence-electron chi connectivity index (χ0n) is 19.2. The lowest BCUT2D eigenvalue weighted by molar-refractivity contribution is 0.130. The Morgan fingerprint density at radius 2 is 1.78 bits per heavy atom. The molecular weight excluding hydrogens is 426 g/mol. The molecule has 8 nitrogen and oxygen atoms in total. The fraction of sp³-hybridized carbons (Fsp3) is 0.652. The number of benzene rings is 1. The number of nitrogens with zero attached hydrogens (tertiary/aromatic N) is 1. The molecule has 0 unspecified atom stereocenters. The molecular formula is C23H37N5O3S. The third-order valence-electron chi connectivity index (χ3n) is 6.98. The van der Waals surface area contributed by atoms with E-state index < -0.39 is 15.3 Å². The summed E-state index contributed by atoms with van der Waals surface area (Å²) in [7, 11) is -3.25. The van der Waals surface area contributed by atoms with E-state index in [0.717, 1.165) is 51.4 Å². The van der Waals surface area contributed by atoms with Crippen molar-refractivity contribution in [3.05, 3.63) is 29.8 Å². The molecule has 1 aromatic carbocycles. The predicted octanol–water partition coefficient (Wildman–Crippen LogP) is 3.64. The van der Waals surface area contributed by atoms with E-state index in [0.29, 0.717) is 24.3 Å². The summed E-state index contributed by atoms with van der Waals surface area (Å²) >= 11 is 0. The summed E-state index contributed by atoms with van der Waals surface area (Å²) < 4.78 is 26.8. The van der Waals surface area contributed by atoms with Crippen LogP contribution in [0, 0.1) is 11.3 Å². The molecule has 1 saturated carbocycles. The van der Waals surface area contributed by atoms with E-state index in [2.05, 4.69) is 10.6 Å². The van der Waals surface area contributed by atoms with Gasteiger partial charge in [0.25, 0.3) is 0 Å². The van der Waals surface area contributed by atoms with Crippen LogP contribution in [-0.2, 0) is 10.0 Å². The van der Waals surface area contributed by atoms with E-state index in [-0.39, 0.29) is 23.3 Å². The van der Waals surface area contributed by atoms with E-state index in [1.807, 2.05) is 0 Å². The van der Waals surface area contributed by atoms with Gasteiger partial charge in [-0.1, -0.05) is 37.8 Å². The van der Waals surface area contributed by atoms with Gasteiger partial charge in [-0.3, -0.25) is 5.41 Å². The molecule has 9 heteroatoms. The number of anilines is 1. The largest absolute Gasteiger partial charge is 0.384 e. The average molecular weight is 464 g/mol. The molecule has 0 bridgehead atoms. The van der Waals surface area contributed by atoms with E-state index in [9.17, 15) is 13.2 Å². The van der Waals surface area contributed by atoms with E-state index in [4.69, 9.17) is 11.1 Å². The number of nitrogens with two attached hydrogens (primary N) is 1. The molecule has 2 amide bonds. The summed E-state index contributed by atoms with van der Waals surface area (Å²) in [5, 5.41) is 13.4. The molecule has 0 radical (unpaired) electrons. The van der Waals surface area contributed by atoms with Gasteiger partial charge in [0.15, 0.2) is 0 Å². The lowest BCUT2D eigenvalue weighted by Gasteiger charge is -2.45. The molecule has 3 rings (SSSR count). The standard InChI is InChI=1S/C23H37N5O3S/c1-17(2)32(30,31)28-14-10-19(11-15-28)23(12-5-3-4-6-13-23)27-22(29)26-20-9-7-8-18(16-20)21(24)25/h7-9,16-17,19H,3-6,10-15H2,1-2H3,(H3,24,25)(H2,26,27,29). The van der Waals surface area contributed by atoms with E-state index in [1.54, 1.807) is 42.4 Å². The van der Waals surface area contributed by atoms with Crippen molar-refractivity contribution in [2.75, 3.05) is 18.4 Å². The molecule has 1 aliphatic heterocycles. The van der Waals surface area contributed by atoms with Crippen molar-refractivity contribution in [2.24, 2.45) is 11.7 Å². The van der Waals surface area contributed by atoms with E-state index in [1.165, 1.54) is 0 Å². The first-order valence-corrected chi connectivity index (χ1v) is 13.2. The van der Waals surface area contributed by atoms with Gasteiger partial charge in [0.1, 0.15) is 5.84 Å². The van der Waals surface area contributed by atoms with Gasteiger partial charge in [-0.25, -0.2) is 17.5 Å². The summed E-state index contributed by atoms with van der Waals surface area (Å²) in [6.45, 7) is 4.47. The highest BCUT2D eigenvalue weighted by atomic mass is 32.2. The van der Waals surface area contributed by atoms with Crippen molar-refractivity contribution < 1.29 is 13.2 Å². The minimum atomic E-state index is -3.25. The molecule has 0 spiro atoms. The van der Waals surface area contributed by atoms with Crippen molar-refractivity contribution in [3.63, 3.8) is 0 Å². The first-order valence-electron chi connectivity index (χ1n) is 11.7. The van der Waals surface area contributed by atoms with Crippen molar-refractivity contribution in [1.29, 1.82) is 5.41 Å². The Hall–Kier alpha value is -2.13. The molecule has 1 heterocycles. The number of carbonyl (C=O) groups excluding carboxylic acids is 1. The lowest BCUT2D eigenvalue weighted by Crippen LogP contribution is -2.57. The fourth-order valence-electron chi connectivity index (χ4n) is 5.11. The quantitative estimate of drug-likeness (QED) is 0.292. The van der Waals surface area contributed by atoms with Crippen LogP contribution in [0.2, 0.25) is 0 Å². The highest BCUT2D eigenvalue weighted by Gasteiger charge is 2.43. The van der Waals surface area contributed by atoms with Crippen LogP contribution in [0.4, 0.5) is 10.5 Å². The maximum Gasteiger partial charge on any atom is 0.319 e. The summed E-state index contributed by atoms with van der Waals surface area (Å²) in [4.78, 5) is 13.0. The Kier molecular flexibility index (Phi) is 7.82. The van der Waals surface area contributed by atoms with Crippen molar-refractivity contribution in [1.82, 2.24) is 9.62 Å². The highest BCUT2D eigenvalue weighted by Crippen LogP contribution is 2.39. The van der Waals surface area contributed by atoms with Gasteiger partial charge in [0.05, 0.1) is 5.25 Å². The molecule has 0 atom stereocenters. The number of urea groups is 1. The Bertz CT molecular complexity index is 915. The number of hydrogen-bond acceptors (Lipinski definition) is 4. The van der Waals surface area contributed by atoms with Crippen molar-refractivity contribution in [3.8, 4) is 0 Å². The van der Waals surface area contributed by atoms with Crippen LogP contribution in [0.25, 0.3) is 0 Å². The van der Waals surface area contributed by atoms with Crippen molar-refractivity contribution >= 4 is 27.6 Å². The zero-order chi connectivity index (χ0) is 23.4. The van der Waals surface area contributed by atoms with Crippen LogP contribution in [0.3, 0.4) is 0 Å². The summed E-state index contributed by atoms with van der Waals surface area (Å²) in [5.41, 5.74) is 6.40. The maximum absolute atomic E-state index is 13.0. The fourth-order valence-corrected chi connectivity index (χ4v) is 6.42. The lowest BCUT2D eigenvalue weighted by atomic mass is 9.73. The molecule has 2 aliphatic rings. The van der Waals surface area contributed by atoms with Gasteiger partial charge >= 0.3 is 6.03 Å². The molecule has 32 heavy (non-hydrogen) atoms. The number of amidine groups is 1. The SMILES string of the molecule is CC(C)S(=O)(=O)N1CCC(C2(NC(=O)Nc3cccc(C(=N)N)c3)CCCCCC2)CC1. The monoisotopic (exact) mass is 463 g/mol. The molecule has 2 fully saturated rings. The minimum absolute atomic E-state index is 0.0441. The Morgan fingerprint density at radius 3 is 2.34 bits per heavy atom. The maximum atomic E-state index is 13.0. The second-order valence-corrected chi connectivity index (χ2v) is 11.9. The summed E-state index contributed by atoms with van der Waals surface area (Å²) in [6, 6.07) is 6.71. The Balaban J connectivity index is 1.73. The van der Waals surface area contributed by atoms with Crippen LogP contribution in [-0.4, -0.2) is 48.5 Å². The number of carbonyl (C=O) groups is 1. The van der Waals surface area contributed by atoms with Gasteiger partial charge < -0.3 is 16.4 Å². The Morgan fingerprint density at radius 1 is 1.16 bits per heavy atom.